The summed E-state index contributed by atoms with van der Waals surface area (Å²) in [4.78, 5) is 13.1. The lowest BCUT2D eigenvalue weighted by atomic mass is 9.99. The number of aliphatic hydroxyl groups is 5. The van der Waals surface area contributed by atoms with Gasteiger partial charge in [-0.05, 0) is 77.0 Å². The van der Waals surface area contributed by atoms with Crippen molar-refractivity contribution in [3.8, 4) is 0 Å². The Morgan fingerprint density at radius 1 is 0.486 bits per heavy atom. The Balaban J connectivity index is 2.19. The molecule has 72 heavy (non-hydrogen) atoms. The van der Waals surface area contributed by atoms with Crippen molar-refractivity contribution < 1.29 is 39.8 Å². The highest BCUT2D eigenvalue weighted by Crippen LogP contribution is 2.23. The number of allylic oxidation sites excluding steroid dienone is 15. The molecule has 1 heterocycles. The number of nitrogens with one attached hydrogen (secondary N) is 1. The maximum atomic E-state index is 13.1. The van der Waals surface area contributed by atoms with Gasteiger partial charge in [-0.25, -0.2) is 0 Å². The lowest BCUT2D eigenvalue weighted by Crippen LogP contribution is -2.60. The van der Waals surface area contributed by atoms with Gasteiger partial charge in [-0.1, -0.05) is 252 Å². The van der Waals surface area contributed by atoms with Gasteiger partial charge in [0.2, 0.25) is 5.91 Å². The highest BCUT2D eigenvalue weighted by molar-refractivity contribution is 5.76. The van der Waals surface area contributed by atoms with Gasteiger partial charge in [0.05, 0.1) is 25.4 Å². The molecule has 9 heteroatoms. The summed E-state index contributed by atoms with van der Waals surface area (Å²) in [6.45, 7) is 3.66. The van der Waals surface area contributed by atoms with Gasteiger partial charge in [0.25, 0.3) is 0 Å². The van der Waals surface area contributed by atoms with E-state index in [-0.39, 0.29) is 12.5 Å². The van der Waals surface area contributed by atoms with Crippen molar-refractivity contribution in [2.75, 3.05) is 13.2 Å². The summed E-state index contributed by atoms with van der Waals surface area (Å²) in [5.74, 6) is -0.183. The van der Waals surface area contributed by atoms with Crippen LogP contribution in [0.25, 0.3) is 0 Å². The van der Waals surface area contributed by atoms with Crippen LogP contribution in [0.1, 0.15) is 239 Å². The molecule has 1 rings (SSSR count). The van der Waals surface area contributed by atoms with Crippen molar-refractivity contribution in [3.63, 3.8) is 0 Å². The summed E-state index contributed by atoms with van der Waals surface area (Å²) in [7, 11) is 0. The van der Waals surface area contributed by atoms with Crippen LogP contribution in [0.2, 0.25) is 0 Å². The molecule has 1 amide bonds. The minimum Gasteiger partial charge on any atom is -0.394 e. The van der Waals surface area contributed by atoms with Crippen LogP contribution in [0, 0.1) is 0 Å². The van der Waals surface area contributed by atoms with Crippen LogP contribution in [-0.2, 0) is 14.3 Å². The van der Waals surface area contributed by atoms with E-state index in [1.807, 2.05) is 6.08 Å². The molecule has 0 spiro atoms. The molecule has 414 valence electrons. The number of ether oxygens (including phenoxy) is 2. The second-order valence-electron chi connectivity index (χ2n) is 20.1. The fraction of sp³-hybridized carbons (Fsp3) is 0.730. The van der Waals surface area contributed by atoms with Crippen molar-refractivity contribution >= 4 is 5.91 Å². The van der Waals surface area contributed by atoms with E-state index in [0.29, 0.717) is 6.42 Å². The van der Waals surface area contributed by atoms with Crippen molar-refractivity contribution in [1.82, 2.24) is 5.32 Å². The van der Waals surface area contributed by atoms with Crippen LogP contribution in [0.5, 0.6) is 0 Å². The van der Waals surface area contributed by atoms with Crippen molar-refractivity contribution in [2.24, 2.45) is 0 Å². The van der Waals surface area contributed by atoms with Gasteiger partial charge in [-0.15, -0.1) is 0 Å². The molecule has 0 radical (unpaired) electrons. The number of rotatable bonds is 49. The molecule has 9 nitrogen and oxygen atoms in total. The van der Waals surface area contributed by atoms with E-state index < -0.39 is 49.5 Å². The topological polar surface area (TPSA) is 149 Å². The van der Waals surface area contributed by atoms with Gasteiger partial charge in [0.1, 0.15) is 24.4 Å². The third-order valence-corrected chi connectivity index (χ3v) is 13.4. The molecule has 1 fully saturated rings. The van der Waals surface area contributed by atoms with Crippen molar-refractivity contribution in [1.29, 1.82) is 0 Å². The first kappa shape index (κ1) is 67.1. The molecule has 6 N–H and O–H groups in total. The Labute approximate surface area is 441 Å². The molecule has 7 atom stereocenters. The SMILES string of the molecule is CC/C=C\C/C=C\C/C=C\C/C=C\C/C=C\C/C=C\C/C=C\CCCCCCCCCCCCCC(=O)NC(COC1OC(CO)C(O)C(O)C1O)C(O)/C=C/CCCCCCCCCCCCCCCC. The minimum absolute atomic E-state index is 0.183. The molecule has 7 unspecified atom stereocenters. The number of aliphatic hydroxyl groups excluding tert-OH is 5. The van der Waals surface area contributed by atoms with Gasteiger partial charge in [0, 0.05) is 6.42 Å². The van der Waals surface area contributed by atoms with Crippen LogP contribution in [0.15, 0.2) is 97.2 Å². The number of unbranched alkanes of at least 4 members (excludes halogenated alkanes) is 25. The fourth-order valence-electron chi connectivity index (χ4n) is 8.78. The second kappa shape index (κ2) is 51.6. The molecule has 1 aliphatic heterocycles. The first-order chi connectivity index (χ1) is 35.3. The predicted molar refractivity (Wildman–Crippen MR) is 304 cm³/mol. The van der Waals surface area contributed by atoms with Gasteiger partial charge in [-0.3, -0.25) is 4.79 Å². The van der Waals surface area contributed by atoms with E-state index in [1.165, 1.54) is 128 Å². The summed E-state index contributed by atoms with van der Waals surface area (Å²) in [5.41, 5.74) is 0. The standard InChI is InChI=1S/C63H109NO8/c1-3-5-7-9-11-13-15-17-19-21-22-23-24-25-26-27-28-29-30-31-32-33-34-35-36-37-39-41-43-45-47-49-51-53-59(67)64-56(55-71-63-62(70)61(69)60(68)58(54-65)72-63)57(66)52-50-48-46-44-42-40-38-20-18-16-14-12-10-8-6-4-2/h5,7,11,13,17,19,22-23,25-26,28-29,31-32,50,52,56-58,60-63,65-66,68-70H,3-4,6,8-10,12,14-16,18,20-21,24,27,30,33-49,51,53-55H2,1-2H3,(H,64,67)/b7-5-,13-11-,19-17-,23-22-,26-25-,29-28-,32-31-,52-50+. The monoisotopic (exact) mass is 1010 g/mol. The molecule has 0 aromatic rings. The molecule has 0 aromatic carbocycles. The zero-order valence-corrected chi connectivity index (χ0v) is 45.9. The molecule has 0 bridgehead atoms. The zero-order valence-electron chi connectivity index (χ0n) is 45.9. The Morgan fingerprint density at radius 3 is 1.28 bits per heavy atom. The van der Waals surface area contributed by atoms with Gasteiger partial charge in [-0.2, -0.15) is 0 Å². The number of hydrogen-bond acceptors (Lipinski definition) is 8. The quantitative estimate of drug-likeness (QED) is 0.0261. The largest absolute Gasteiger partial charge is 0.394 e. The third kappa shape index (κ3) is 40.5. The number of hydrogen-bond donors (Lipinski definition) is 6. The molecule has 1 aliphatic rings. The fourth-order valence-corrected chi connectivity index (χ4v) is 8.78. The lowest BCUT2D eigenvalue weighted by Gasteiger charge is -2.40. The van der Waals surface area contributed by atoms with E-state index in [0.717, 1.165) is 89.9 Å². The Hall–Kier alpha value is -2.89. The smallest absolute Gasteiger partial charge is 0.220 e. The molecular formula is C63H109NO8. The van der Waals surface area contributed by atoms with E-state index >= 15 is 0 Å². The van der Waals surface area contributed by atoms with Gasteiger partial charge >= 0.3 is 0 Å². The van der Waals surface area contributed by atoms with Gasteiger partial charge in [0.15, 0.2) is 6.29 Å². The average Bonchev–Trinajstić information content (AvgIpc) is 3.38. The Kier molecular flexibility index (Phi) is 48.1. The molecule has 0 aliphatic carbocycles. The minimum atomic E-state index is -1.57. The van der Waals surface area contributed by atoms with E-state index in [1.54, 1.807) is 6.08 Å². The average molecular weight is 1010 g/mol. The van der Waals surface area contributed by atoms with Crippen molar-refractivity contribution in [3.05, 3.63) is 97.2 Å². The summed E-state index contributed by atoms with van der Waals surface area (Å²) >= 11 is 0. The summed E-state index contributed by atoms with van der Waals surface area (Å²) in [6, 6.07) is -0.812. The third-order valence-electron chi connectivity index (χ3n) is 13.4. The number of amides is 1. The molecule has 1 saturated heterocycles. The molecular weight excluding hydrogens is 899 g/mol. The Morgan fingerprint density at radius 2 is 0.861 bits per heavy atom. The first-order valence-corrected chi connectivity index (χ1v) is 29.5. The van der Waals surface area contributed by atoms with Gasteiger partial charge < -0.3 is 40.3 Å². The van der Waals surface area contributed by atoms with Crippen LogP contribution in [0.3, 0.4) is 0 Å². The maximum Gasteiger partial charge on any atom is 0.220 e. The summed E-state index contributed by atoms with van der Waals surface area (Å²) < 4.78 is 11.3. The molecule has 0 saturated carbocycles. The van der Waals surface area contributed by atoms with Crippen LogP contribution >= 0.6 is 0 Å². The Bertz CT molecular complexity index is 1450. The van der Waals surface area contributed by atoms with E-state index in [2.05, 4.69) is 104 Å². The van der Waals surface area contributed by atoms with E-state index in [9.17, 15) is 30.3 Å². The predicted octanol–water partition coefficient (Wildman–Crippen LogP) is 14.8. The summed E-state index contributed by atoms with van der Waals surface area (Å²) in [6.07, 6.45) is 67.5. The number of carbonyl (C=O) groups is 1. The maximum absolute atomic E-state index is 13.1. The summed E-state index contributed by atoms with van der Waals surface area (Å²) in [5, 5.41) is 54.5. The first-order valence-electron chi connectivity index (χ1n) is 29.5. The second-order valence-corrected chi connectivity index (χ2v) is 20.1. The van der Waals surface area contributed by atoms with Crippen LogP contribution in [0.4, 0.5) is 0 Å². The van der Waals surface area contributed by atoms with Crippen molar-refractivity contribution in [2.45, 2.75) is 281 Å². The van der Waals surface area contributed by atoms with Crippen LogP contribution < -0.4 is 5.32 Å². The van der Waals surface area contributed by atoms with Crippen LogP contribution in [-0.4, -0.2) is 87.5 Å². The number of carbonyl (C=O) groups excluding carboxylic acids is 1. The zero-order chi connectivity index (χ0) is 52.2. The molecule has 0 aromatic heterocycles. The highest BCUT2D eigenvalue weighted by Gasteiger charge is 2.44. The normalized spacial score (nSPS) is 19.9. The highest BCUT2D eigenvalue weighted by atomic mass is 16.7. The lowest BCUT2D eigenvalue weighted by molar-refractivity contribution is -0.302. The van der Waals surface area contributed by atoms with E-state index in [4.69, 9.17) is 9.47 Å².